The van der Waals surface area contributed by atoms with E-state index >= 15 is 0 Å². The summed E-state index contributed by atoms with van der Waals surface area (Å²) in [5, 5.41) is 0. The van der Waals surface area contributed by atoms with E-state index < -0.39 is 0 Å². The summed E-state index contributed by atoms with van der Waals surface area (Å²) >= 11 is 1.74. The van der Waals surface area contributed by atoms with E-state index in [9.17, 15) is 4.79 Å². The van der Waals surface area contributed by atoms with Gasteiger partial charge in [0.15, 0.2) is 0 Å². The Kier molecular flexibility index (Phi) is 4.69. The topological polar surface area (TPSA) is 26.3 Å². The molecule has 0 bridgehead atoms. The number of ether oxygens (including phenoxy) is 1. The van der Waals surface area contributed by atoms with E-state index in [1.54, 1.807) is 17.8 Å². The predicted molar refractivity (Wildman–Crippen MR) is 64.2 cm³/mol. The van der Waals surface area contributed by atoms with Crippen LogP contribution >= 0.6 is 11.8 Å². The monoisotopic (exact) mass is 224 g/mol. The van der Waals surface area contributed by atoms with Gasteiger partial charge in [-0.25, -0.2) is 4.79 Å². The Bertz CT molecular complexity index is 334. The molecule has 0 radical (unpaired) electrons. The van der Waals surface area contributed by atoms with Gasteiger partial charge in [-0.2, -0.15) is 11.8 Å². The quantitative estimate of drug-likeness (QED) is 0.735. The summed E-state index contributed by atoms with van der Waals surface area (Å²) in [6, 6.07) is 7.58. The molecule has 0 heterocycles. The largest absolute Gasteiger partial charge is 0.459 e. The number of thioether (sulfide) groups is 1. The third kappa shape index (κ3) is 3.96. The van der Waals surface area contributed by atoms with Gasteiger partial charge in [-0.1, -0.05) is 12.1 Å². The van der Waals surface area contributed by atoms with Gasteiger partial charge in [0.05, 0.1) is 11.7 Å². The highest BCUT2D eigenvalue weighted by Gasteiger charge is 2.08. The van der Waals surface area contributed by atoms with Crippen LogP contribution in [0.2, 0.25) is 0 Å². The lowest BCUT2D eigenvalue weighted by molar-refractivity contribution is 0.0378. The van der Waals surface area contributed by atoms with Gasteiger partial charge in [-0.3, -0.25) is 0 Å². The van der Waals surface area contributed by atoms with Crippen LogP contribution in [-0.2, 0) is 10.5 Å². The molecule has 0 spiro atoms. The minimum Gasteiger partial charge on any atom is -0.459 e. The molecular formula is C12H16O2S. The van der Waals surface area contributed by atoms with Crippen LogP contribution < -0.4 is 0 Å². The highest BCUT2D eigenvalue weighted by atomic mass is 32.2. The molecule has 0 N–H and O–H groups in total. The molecule has 0 aromatic heterocycles. The van der Waals surface area contributed by atoms with E-state index in [2.05, 4.69) is 0 Å². The zero-order valence-electron chi connectivity index (χ0n) is 9.32. The van der Waals surface area contributed by atoms with Crippen molar-refractivity contribution in [3.8, 4) is 0 Å². The number of carbonyl (C=O) groups excluding carboxylic acids is 1. The van der Waals surface area contributed by atoms with Crippen molar-refractivity contribution in [2.75, 3.05) is 6.26 Å². The van der Waals surface area contributed by atoms with Crippen LogP contribution in [0.5, 0.6) is 0 Å². The first-order valence-electron chi connectivity index (χ1n) is 4.92. The van der Waals surface area contributed by atoms with E-state index in [-0.39, 0.29) is 12.1 Å². The minimum atomic E-state index is -0.243. The average Bonchev–Trinajstić information content (AvgIpc) is 2.17. The van der Waals surface area contributed by atoms with Gasteiger partial charge in [0, 0.05) is 5.75 Å². The molecule has 0 saturated heterocycles. The molecular weight excluding hydrogens is 208 g/mol. The normalized spacial score (nSPS) is 10.4. The van der Waals surface area contributed by atoms with Crippen molar-refractivity contribution in [3.63, 3.8) is 0 Å². The fourth-order valence-electron chi connectivity index (χ4n) is 1.24. The van der Waals surface area contributed by atoms with Crippen molar-refractivity contribution in [2.45, 2.75) is 25.7 Å². The van der Waals surface area contributed by atoms with E-state index in [1.165, 1.54) is 0 Å². The van der Waals surface area contributed by atoms with Crippen molar-refractivity contribution in [2.24, 2.45) is 0 Å². The molecule has 0 aliphatic carbocycles. The zero-order valence-corrected chi connectivity index (χ0v) is 10.1. The highest BCUT2D eigenvalue weighted by Crippen LogP contribution is 2.12. The van der Waals surface area contributed by atoms with Gasteiger partial charge in [-0.05, 0) is 37.8 Å². The molecule has 0 atom stereocenters. The molecule has 0 saturated carbocycles. The zero-order chi connectivity index (χ0) is 11.3. The van der Waals surface area contributed by atoms with E-state index in [4.69, 9.17) is 4.74 Å². The minimum absolute atomic E-state index is 0.0679. The lowest BCUT2D eigenvalue weighted by Crippen LogP contribution is -2.11. The van der Waals surface area contributed by atoms with E-state index in [1.807, 2.05) is 38.3 Å². The maximum Gasteiger partial charge on any atom is 0.338 e. The second-order valence-electron chi connectivity index (χ2n) is 3.59. The summed E-state index contributed by atoms with van der Waals surface area (Å²) in [7, 11) is 0. The lowest BCUT2D eigenvalue weighted by Gasteiger charge is -2.08. The first-order chi connectivity index (χ1) is 7.13. The van der Waals surface area contributed by atoms with Crippen LogP contribution in [-0.4, -0.2) is 18.3 Å². The third-order valence-corrected chi connectivity index (χ3v) is 2.44. The van der Waals surface area contributed by atoms with Crippen molar-refractivity contribution in [1.29, 1.82) is 0 Å². The first-order valence-corrected chi connectivity index (χ1v) is 6.31. The van der Waals surface area contributed by atoms with Gasteiger partial charge in [0.2, 0.25) is 0 Å². The fourth-order valence-corrected chi connectivity index (χ4v) is 1.75. The Morgan fingerprint density at radius 1 is 1.47 bits per heavy atom. The van der Waals surface area contributed by atoms with E-state index in [0.29, 0.717) is 5.56 Å². The molecule has 82 valence electrons. The number of esters is 1. The standard InChI is InChI=1S/C12H16O2S/c1-9(2)14-12(13)11-6-4-5-10(7-11)8-15-3/h4-7,9H,8H2,1-3H3. The number of hydrogen-bond donors (Lipinski definition) is 0. The average molecular weight is 224 g/mol. The first kappa shape index (κ1) is 12.1. The third-order valence-electron chi connectivity index (χ3n) is 1.82. The number of benzene rings is 1. The van der Waals surface area contributed by atoms with Gasteiger partial charge < -0.3 is 4.74 Å². The van der Waals surface area contributed by atoms with Gasteiger partial charge in [-0.15, -0.1) is 0 Å². The van der Waals surface area contributed by atoms with Crippen molar-refractivity contribution in [1.82, 2.24) is 0 Å². The summed E-state index contributed by atoms with van der Waals surface area (Å²) < 4.78 is 5.12. The summed E-state index contributed by atoms with van der Waals surface area (Å²) in [6.45, 7) is 3.70. The Morgan fingerprint density at radius 2 is 2.20 bits per heavy atom. The molecule has 0 aliphatic heterocycles. The molecule has 3 heteroatoms. The van der Waals surface area contributed by atoms with Gasteiger partial charge in [0.1, 0.15) is 0 Å². The molecule has 1 rings (SSSR count). The molecule has 1 aromatic carbocycles. The van der Waals surface area contributed by atoms with Crippen LogP contribution in [0.1, 0.15) is 29.8 Å². The van der Waals surface area contributed by atoms with Gasteiger partial charge >= 0.3 is 5.97 Å². The highest BCUT2D eigenvalue weighted by molar-refractivity contribution is 7.97. The number of hydrogen-bond acceptors (Lipinski definition) is 3. The predicted octanol–water partition coefficient (Wildman–Crippen LogP) is 3.11. The van der Waals surface area contributed by atoms with Crippen LogP contribution in [0.3, 0.4) is 0 Å². The molecule has 0 amide bonds. The van der Waals surface area contributed by atoms with Crippen LogP contribution in [0, 0.1) is 0 Å². The molecule has 2 nitrogen and oxygen atoms in total. The molecule has 0 fully saturated rings. The maximum absolute atomic E-state index is 11.6. The molecule has 0 unspecified atom stereocenters. The van der Waals surface area contributed by atoms with Crippen LogP contribution in [0.25, 0.3) is 0 Å². The SMILES string of the molecule is CSCc1cccc(C(=O)OC(C)C)c1. The van der Waals surface area contributed by atoms with Crippen molar-refractivity contribution in [3.05, 3.63) is 35.4 Å². The molecule has 1 aromatic rings. The van der Waals surface area contributed by atoms with Crippen molar-refractivity contribution >= 4 is 17.7 Å². The second-order valence-corrected chi connectivity index (χ2v) is 4.45. The molecule has 15 heavy (non-hydrogen) atoms. The molecule has 0 aliphatic rings. The fraction of sp³-hybridized carbons (Fsp3) is 0.417. The Morgan fingerprint density at radius 3 is 2.80 bits per heavy atom. The van der Waals surface area contributed by atoms with Crippen LogP contribution in [0.15, 0.2) is 24.3 Å². The van der Waals surface area contributed by atoms with Crippen LogP contribution in [0.4, 0.5) is 0 Å². The summed E-state index contributed by atoms with van der Waals surface area (Å²) in [6.07, 6.45) is 1.97. The number of carbonyl (C=O) groups is 1. The summed E-state index contributed by atoms with van der Waals surface area (Å²) in [5.41, 5.74) is 1.79. The summed E-state index contributed by atoms with van der Waals surface area (Å²) in [4.78, 5) is 11.6. The number of rotatable bonds is 4. The lowest BCUT2D eigenvalue weighted by atomic mass is 10.1. The Labute approximate surface area is 95.0 Å². The second kappa shape index (κ2) is 5.81. The Hall–Kier alpha value is -0.960. The maximum atomic E-state index is 11.6. The van der Waals surface area contributed by atoms with Crippen molar-refractivity contribution < 1.29 is 9.53 Å². The summed E-state index contributed by atoms with van der Waals surface area (Å²) in [5.74, 6) is 0.677. The Balaban J connectivity index is 2.76. The smallest absolute Gasteiger partial charge is 0.338 e. The van der Waals surface area contributed by atoms with E-state index in [0.717, 1.165) is 11.3 Å². The van der Waals surface area contributed by atoms with Gasteiger partial charge in [0.25, 0.3) is 0 Å².